The summed E-state index contributed by atoms with van der Waals surface area (Å²) in [6, 6.07) is -2.12. The first-order valence-corrected chi connectivity index (χ1v) is 19.6. The minimum absolute atomic E-state index is 0.165. The van der Waals surface area contributed by atoms with Crippen LogP contribution in [0.5, 0.6) is 0 Å². The molecule has 8 rings (SSSR count). The highest BCUT2D eigenvalue weighted by Gasteiger charge is 2.44. The molecule has 0 heterocycles. The van der Waals surface area contributed by atoms with Gasteiger partial charge in [-0.2, -0.15) is 0 Å². The van der Waals surface area contributed by atoms with Crippen LogP contribution in [0.25, 0.3) is 28.3 Å². The molecule has 30 heteroatoms. The third kappa shape index (κ3) is 7.54. The molecule has 2 nitrogen and oxygen atoms in total. The number of halogens is 28. The van der Waals surface area contributed by atoms with E-state index in [2.05, 4.69) is 0 Å². The number of hydrogen-bond donors (Lipinski definition) is 0. The molecule has 0 aliphatic heterocycles. The average molecular weight is 1120 g/mol. The van der Waals surface area contributed by atoms with Gasteiger partial charge < -0.3 is 4.90 Å². The van der Waals surface area contributed by atoms with Crippen molar-refractivity contribution in [2.75, 3.05) is 9.80 Å². The van der Waals surface area contributed by atoms with Crippen LogP contribution in [0, 0.1) is 163 Å². The van der Waals surface area contributed by atoms with Gasteiger partial charge in [0.25, 0.3) is 0 Å². The van der Waals surface area contributed by atoms with Crippen molar-refractivity contribution in [3.8, 4) is 22.3 Å². The highest BCUT2D eigenvalue weighted by Crippen LogP contribution is 2.53. The highest BCUT2D eigenvalue weighted by atomic mass is 19.2. The summed E-state index contributed by atoms with van der Waals surface area (Å²) in [6.07, 6.45) is -0.566. The predicted molar refractivity (Wildman–Crippen MR) is 202 cm³/mol. The molecule has 7 aromatic rings. The van der Waals surface area contributed by atoms with Gasteiger partial charge in [0.1, 0.15) is 22.7 Å². The first-order valence-electron chi connectivity index (χ1n) is 19.6. The van der Waals surface area contributed by atoms with E-state index in [9.17, 15) is 70.2 Å². The summed E-state index contributed by atoms with van der Waals surface area (Å²) in [5.74, 6) is -89.0. The summed E-state index contributed by atoms with van der Waals surface area (Å²) in [5.41, 5.74) is -26.9. The Balaban J connectivity index is 1.49. The van der Waals surface area contributed by atoms with Crippen molar-refractivity contribution in [3.63, 3.8) is 0 Å². The van der Waals surface area contributed by atoms with Crippen molar-refractivity contribution in [1.29, 1.82) is 0 Å². The van der Waals surface area contributed by atoms with Crippen LogP contribution in [0.3, 0.4) is 0 Å². The minimum Gasteiger partial charge on any atom is -0.324 e. The zero-order chi connectivity index (χ0) is 56.5. The molecule has 0 bridgehead atoms. The van der Waals surface area contributed by atoms with Gasteiger partial charge >= 0.3 is 0 Å². The molecular weight excluding hydrogens is 1110 g/mol. The molecular formula is C46H8F28N2. The van der Waals surface area contributed by atoms with Crippen LogP contribution in [0.2, 0.25) is 0 Å². The summed E-state index contributed by atoms with van der Waals surface area (Å²) in [7, 11) is 0. The van der Waals surface area contributed by atoms with Crippen molar-refractivity contribution in [2.45, 2.75) is 12.5 Å². The average Bonchev–Trinajstić information content (AvgIpc) is 3.40. The second kappa shape index (κ2) is 18.9. The predicted octanol–water partition coefficient (Wildman–Crippen LogP) is 16.7. The van der Waals surface area contributed by atoms with Crippen LogP contribution < -0.4 is 9.80 Å². The molecule has 1 atom stereocenters. The second-order valence-corrected chi connectivity index (χ2v) is 15.3. The number of nitrogens with zero attached hydrogens (tertiary/aromatic N) is 2. The largest absolute Gasteiger partial charge is 0.324 e. The molecule has 0 spiro atoms. The van der Waals surface area contributed by atoms with Crippen LogP contribution >= 0.6 is 0 Å². The van der Waals surface area contributed by atoms with E-state index in [0.29, 0.717) is 24.3 Å². The Hall–Kier alpha value is -8.08. The summed E-state index contributed by atoms with van der Waals surface area (Å²) < 4.78 is 426. The van der Waals surface area contributed by atoms with E-state index >= 15 is 52.7 Å². The van der Waals surface area contributed by atoms with Crippen molar-refractivity contribution in [2.24, 2.45) is 0 Å². The van der Waals surface area contributed by atoms with Crippen molar-refractivity contribution < 1.29 is 123 Å². The van der Waals surface area contributed by atoms with Gasteiger partial charge in [0, 0.05) is 5.56 Å². The standard InChI is InChI=1S/C46H8F28N2/c47-15-11(16(48)24(56)27(59)23(15)55)13-19(51)35(67)43(36(68)20(13)52)75(45-39(71)31(63)29(61)32(64)40(45)72)9-5-1-3-7-8(9)4-2-6-10(7)76(46-41(73)33(65)30(62)34(66)42(46)74)44-37(69)21(53)14(22(54)38(44)70)12-17(49)25(57)28(60)26(58)18(12)50/h1-5,10H,6H2. The lowest BCUT2D eigenvalue weighted by atomic mass is 9.88. The lowest BCUT2D eigenvalue weighted by Crippen LogP contribution is -2.31. The van der Waals surface area contributed by atoms with Gasteiger partial charge in [0.15, 0.2) is 140 Å². The van der Waals surface area contributed by atoms with Gasteiger partial charge in [0.2, 0.25) is 23.3 Å². The summed E-state index contributed by atoms with van der Waals surface area (Å²) in [6.45, 7) is 0. The molecule has 0 fully saturated rings. The first kappa shape index (κ1) is 54.2. The molecule has 1 unspecified atom stereocenters. The molecule has 0 radical (unpaired) electrons. The van der Waals surface area contributed by atoms with Gasteiger partial charge in [-0.15, -0.1) is 0 Å². The van der Waals surface area contributed by atoms with Gasteiger partial charge in [-0.1, -0.05) is 24.3 Å². The molecule has 0 saturated carbocycles. The normalized spacial score (nSPS) is 13.3. The van der Waals surface area contributed by atoms with Crippen molar-refractivity contribution >= 4 is 34.5 Å². The van der Waals surface area contributed by atoms with Crippen LogP contribution in [-0.2, 0) is 0 Å². The molecule has 7 aromatic carbocycles. The SMILES string of the molecule is Fc1c(F)c(F)c(-c2c(F)c(F)c(N(c3cccc4c3C=CCC4N(c3c(F)c(F)c(F)c(F)c3F)c3c(F)c(F)c(-c4c(F)c(F)c(F)c(F)c4F)c(F)c3F)c3c(F)c(F)c(F)c(F)c3F)c(F)c2F)c(F)c1F. The molecule has 0 amide bonds. The van der Waals surface area contributed by atoms with E-state index in [1.807, 2.05) is 0 Å². The number of hydrogen-bond acceptors (Lipinski definition) is 2. The van der Waals surface area contributed by atoms with E-state index in [4.69, 9.17) is 0 Å². The van der Waals surface area contributed by atoms with Crippen molar-refractivity contribution in [1.82, 2.24) is 0 Å². The second-order valence-electron chi connectivity index (χ2n) is 15.3. The first-order chi connectivity index (χ1) is 35.5. The van der Waals surface area contributed by atoms with E-state index < -0.39 is 247 Å². The third-order valence-corrected chi connectivity index (χ3v) is 11.4. The number of anilines is 5. The summed E-state index contributed by atoms with van der Waals surface area (Å²) in [4.78, 5) is -1.99. The Morgan fingerprint density at radius 2 is 0.513 bits per heavy atom. The van der Waals surface area contributed by atoms with Gasteiger partial charge in [-0.25, -0.2) is 123 Å². The van der Waals surface area contributed by atoms with Gasteiger partial charge in [-0.05, 0) is 18.1 Å². The Kier molecular flexibility index (Phi) is 13.5. The molecule has 0 aromatic heterocycles. The fraction of sp³-hybridized carbons (Fsp3) is 0.0435. The fourth-order valence-corrected chi connectivity index (χ4v) is 8.03. The van der Waals surface area contributed by atoms with Gasteiger partial charge in [0.05, 0.1) is 34.0 Å². The summed E-state index contributed by atoms with van der Waals surface area (Å²) in [5, 5.41) is 0. The zero-order valence-electron chi connectivity index (χ0n) is 35.1. The van der Waals surface area contributed by atoms with E-state index in [0.717, 1.165) is 0 Å². The zero-order valence-corrected chi connectivity index (χ0v) is 35.1. The van der Waals surface area contributed by atoms with Crippen molar-refractivity contribution in [3.05, 3.63) is 198 Å². The lowest BCUT2D eigenvalue weighted by molar-refractivity contribution is 0.376. The third-order valence-electron chi connectivity index (χ3n) is 11.4. The summed E-state index contributed by atoms with van der Waals surface area (Å²) >= 11 is 0. The topological polar surface area (TPSA) is 6.48 Å². The fourth-order valence-electron chi connectivity index (χ4n) is 8.03. The van der Waals surface area contributed by atoms with Gasteiger partial charge in [-0.3, -0.25) is 4.90 Å². The number of rotatable bonds is 8. The van der Waals surface area contributed by atoms with E-state index in [1.165, 1.54) is 0 Å². The minimum atomic E-state index is -3.32. The van der Waals surface area contributed by atoms with Crippen LogP contribution in [-0.4, -0.2) is 0 Å². The smallest absolute Gasteiger partial charge is 0.200 e. The molecule has 1 aliphatic rings. The lowest BCUT2D eigenvalue weighted by Gasteiger charge is -2.38. The maximum absolute atomic E-state index is 16.5. The van der Waals surface area contributed by atoms with Crippen LogP contribution in [0.15, 0.2) is 24.3 Å². The van der Waals surface area contributed by atoms with Crippen LogP contribution in [0.1, 0.15) is 23.6 Å². The molecule has 0 N–H and O–H groups in total. The molecule has 76 heavy (non-hydrogen) atoms. The maximum atomic E-state index is 16.5. The molecule has 0 saturated heterocycles. The molecule has 398 valence electrons. The Labute approximate surface area is 400 Å². The monoisotopic (exact) mass is 1120 g/mol. The Morgan fingerprint density at radius 3 is 0.829 bits per heavy atom. The maximum Gasteiger partial charge on any atom is 0.200 e. The number of fused-ring (bicyclic) bond motifs is 1. The Bertz CT molecular complexity index is 3590. The Morgan fingerprint density at radius 1 is 0.276 bits per heavy atom. The van der Waals surface area contributed by atoms with Crippen LogP contribution in [0.4, 0.5) is 151 Å². The number of benzene rings is 7. The molecule has 1 aliphatic carbocycles. The quantitative estimate of drug-likeness (QED) is 0.0850. The highest BCUT2D eigenvalue weighted by molar-refractivity contribution is 5.87. The van der Waals surface area contributed by atoms with E-state index in [1.54, 1.807) is 0 Å². The van der Waals surface area contributed by atoms with E-state index in [-0.39, 0.29) is 6.07 Å².